The van der Waals surface area contributed by atoms with E-state index in [1.165, 1.54) is 0 Å². The van der Waals surface area contributed by atoms with Gasteiger partial charge in [-0.25, -0.2) is 0 Å². The largest absolute Gasteiger partial charge is 0.494 e. The average Bonchev–Trinajstić information content (AvgIpc) is 2.73. The highest BCUT2D eigenvalue weighted by molar-refractivity contribution is 5.85. The lowest BCUT2D eigenvalue weighted by Gasteiger charge is -2.14. The Kier molecular flexibility index (Phi) is 8.78. The zero-order valence-electron chi connectivity index (χ0n) is 17.2. The first kappa shape index (κ1) is 22.0. The zero-order valence-corrected chi connectivity index (χ0v) is 17.2. The number of rotatable bonds is 10. The molecule has 0 unspecified atom stereocenters. The Morgan fingerprint density at radius 1 is 0.793 bits per heavy atom. The molecule has 0 atom stereocenters. The summed E-state index contributed by atoms with van der Waals surface area (Å²) >= 11 is 0. The molecule has 5 nitrogen and oxygen atoms in total. The first-order valence-electron chi connectivity index (χ1n) is 9.88. The van der Waals surface area contributed by atoms with Gasteiger partial charge in [-0.15, -0.1) is 0 Å². The molecule has 0 aliphatic carbocycles. The maximum atomic E-state index is 11.8. The predicted octanol–water partition coefficient (Wildman–Crippen LogP) is 5.15. The van der Waals surface area contributed by atoms with Crippen LogP contribution in [0.15, 0.2) is 54.1 Å². The highest BCUT2D eigenvalue weighted by Gasteiger charge is 2.15. The second-order valence-electron chi connectivity index (χ2n) is 6.19. The molecule has 0 spiro atoms. The number of carbonyl (C=O) groups excluding carboxylic acids is 1. The smallest absolute Gasteiger partial charge is 0.306 e. The number of allylic oxidation sites excluding steroid dienone is 1. The minimum absolute atomic E-state index is 0.161. The topological polar surface area (TPSA) is 68.6 Å². The highest BCUT2D eigenvalue weighted by atomic mass is 16.5. The molecule has 0 heterocycles. The first-order chi connectivity index (χ1) is 14.1. The van der Waals surface area contributed by atoms with Crippen LogP contribution in [0.4, 0.5) is 0 Å². The van der Waals surface area contributed by atoms with Crippen LogP contribution in [0.25, 0.3) is 5.57 Å². The van der Waals surface area contributed by atoms with Gasteiger partial charge in [-0.3, -0.25) is 4.79 Å². The van der Waals surface area contributed by atoms with Crippen molar-refractivity contribution in [3.05, 3.63) is 65.2 Å². The monoisotopic (exact) mass is 393 g/mol. The van der Waals surface area contributed by atoms with Crippen molar-refractivity contribution in [2.75, 3.05) is 19.8 Å². The fourth-order valence-corrected chi connectivity index (χ4v) is 2.98. The van der Waals surface area contributed by atoms with E-state index in [-0.39, 0.29) is 12.4 Å². The van der Waals surface area contributed by atoms with Gasteiger partial charge in [0.25, 0.3) is 0 Å². The predicted molar refractivity (Wildman–Crippen MR) is 113 cm³/mol. The van der Waals surface area contributed by atoms with E-state index in [1.807, 2.05) is 62.4 Å². The van der Waals surface area contributed by atoms with Gasteiger partial charge in [-0.05, 0) is 62.6 Å². The lowest BCUT2D eigenvalue weighted by Crippen LogP contribution is -2.05. The SMILES string of the molecule is CCOC(=O)CCC(C#N)=C(c1ccc(OCC)cc1)c1ccc(OCC)cc1. The lowest BCUT2D eigenvalue weighted by molar-refractivity contribution is -0.143. The number of hydrogen-bond donors (Lipinski definition) is 0. The third kappa shape index (κ3) is 6.39. The van der Waals surface area contributed by atoms with E-state index in [0.717, 1.165) is 28.2 Å². The van der Waals surface area contributed by atoms with Gasteiger partial charge < -0.3 is 14.2 Å². The summed E-state index contributed by atoms with van der Waals surface area (Å²) in [5, 5.41) is 9.83. The average molecular weight is 393 g/mol. The normalized spacial score (nSPS) is 10.0. The number of esters is 1. The van der Waals surface area contributed by atoms with E-state index in [9.17, 15) is 10.1 Å². The molecule has 152 valence electrons. The van der Waals surface area contributed by atoms with Crippen LogP contribution in [0.1, 0.15) is 44.7 Å². The lowest BCUT2D eigenvalue weighted by atomic mass is 9.91. The van der Waals surface area contributed by atoms with Gasteiger partial charge in [0, 0.05) is 11.1 Å². The van der Waals surface area contributed by atoms with Crippen molar-refractivity contribution in [3.8, 4) is 17.6 Å². The van der Waals surface area contributed by atoms with Gasteiger partial charge in [0.1, 0.15) is 11.5 Å². The summed E-state index contributed by atoms with van der Waals surface area (Å²) in [5.74, 6) is 1.23. The van der Waals surface area contributed by atoms with Crippen molar-refractivity contribution in [1.82, 2.24) is 0 Å². The van der Waals surface area contributed by atoms with Crippen molar-refractivity contribution < 1.29 is 19.0 Å². The molecule has 0 saturated heterocycles. The molecule has 5 heteroatoms. The fourth-order valence-electron chi connectivity index (χ4n) is 2.98. The fraction of sp³-hybridized carbons (Fsp3) is 0.333. The third-order valence-electron chi connectivity index (χ3n) is 4.23. The molecule has 0 aliphatic heterocycles. The van der Waals surface area contributed by atoms with Crippen LogP contribution in [0.2, 0.25) is 0 Å². The van der Waals surface area contributed by atoms with Crippen LogP contribution >= 0.6 is 0 Å². The number of nitrogens with zero attached hydrogens (tertiary/aromatic N) is 1. The first-order valence-corrected chi connectivity index (χ1v) is 9.88. The molecule has 0 bridgehead atoms. The van der Waals surface area contributed by atoms with Gasteiger partial charge in [-0.2, -0.15) is 5.26 Å². The summed E-state index contributed by atoms with van der Waals surface area (Å²) in [6.07, 6.45) is 0.472. The van der Waals surface area contributed by atoms with Crippen molar-refractivity contribution >= 4 is 11.5 Å². The maximum absolute atomic E-state index is 11.8. The van der Waals surface area contributed by atoms with Crippen LogP contribution < -0.4 is 9.47 Å². The summed E-state index contributed by atoms with van der Waals surface area (Å²) in [7, 11) is 0. The van der Waals surface area contributed by atoms with E-state index in [2.05, 4.69) is 6.07 Å². The number of carbonyl (C=O) groups is 1. The number of hydrogen-bond acceptors (Lipinski definition) is 5. The van der Waals surface area contributed by atoms with Gasteiger partial charge in [0.05, 0.1) is 32.3 Å². The molecule has 0 fully saturated rings. The Bertz CT molecular complexity index is 810. The van der Waals surface area contributed by atoms with Crippen LogP contribution in [-0.2, 0) is 9.53 Å². The maximum Gasteiger partial charge on any atom is 0.306 e. The van der Waals surface area contributed by atoms with E-state index >= 15 is 0 Å². The standard InChI is InChI=1S/C24H27NO4/c1-4-27-21-12-7-18(8-13-21)24(19-9-14-22(15-10-19)28-5-2)20(17-25)11-16-23(26)29-6-3/h7-10,12-15H,4-6,11,16H2,1-3H3. The second kappa shape index (κ2) is 11.6. The van der Waals surface area contributed by atoms with E-state index in [4.69, 9.17) is 14.2 Å². The van der Waals surface area contributed by atoms with Gasteiger partial charge in [0.2, 0.25) is 0 Å². The number of nitriles is 1. The van der Waals surface area contributed by atoms with Crippen LogP contribution in [0, 0.1) is 11.3 Å². The summed E-state index contributed by atoms with van der Waals surface area (Å²) < 4.78 is 16.1. The van der Waals surface area contributed by atoms with Crippen molar-refractivity contribution in [2.45, 2.75) is 33.6 Å². The molecule has 2 aromatic rings. The van der Waals surface area contributed by atoms with Crippen molar-refractivity contribution in [1.29, 1.82) is 5.26 Å². The van der Waals surface area contributed by atoms with Crippen LogP contribution in [0.3, 0.4) is 0 Å². The molecule has 2 rings (SSSR count). The molecule has 0 N–H and O–H groups in total. The van der Waals surface area contributed by atoms with Crippen LogP contribution in [0.5, 0.6) is 11.5 Å². The molecule has 0 aliphatic rings. The van der Waals surface area contributed by atoms with E-state index in [1.54, 1.807) is 6.92 Å². The summed E-state index contributed by atoms with van der Waals surface area (Å²) in [6.45, 7) is 7.14. The van der Waals surface area contributed by atoms with E-state index < -0.39 is 0 Å². The quantitative estimate of drug-likeness (QED) is 0.412. The van der Waals surface area contributed by atoms with Gasteiger partial charge in [0.15, 0.2) is 0 Å². The molecule has 0 amide bonds. The van der Waals surface area contributed by atoms with Gasteiger partial charge in [-0.1, -0.05) is 24.3 Å². The van der Waals surface area contributed by atoms with Gasteiger partial charge >= 0.3 is 5.97 Å². The second-order valence-corrected chi connectivity index (χ2v) is 6.19. The minimum atomic E-state index is -0.307. The Hall–Kier alpha value is -3.26. The molecular formula is C24H27NO4. The number of ether oxygens (including phenoxy) is 3. The molecule has 2 aromatic carbocycles. The third-order valence-corrected chi connectivity index (χ3v) is 4.23. The Morgan fingerprint density at radius 3 is 1.66 bits per heavy atom. The summed E-state index contributed by atoms with van der Waals surface area (Å²) in [5.41, 5.74) is 3.10. The molecule has 0 radical (unpaired) electrons. The molecule has 0 aromatic heterocycles. The Morgan fingerprint density at radius 2 is 1.28 bits per heavy atom. The van der Waals surface area contributed by atoms with Crippen molar-refractivity contribution in [2.24, 2.45) is 0 Å². The highest BCUT2D eigenvalue weighted by Crippen LogP contribution is 2.31. The zero-order chi connectivity index (χ0) is 21.1. The minimum Gasteiger partial charge on any atom is -0.494 e. The Balaban J connectivity index is 2.45. The summed E-state index contributed by atoms with van der Waals surface area (Å²) in [4.78, 5) is 11.8. The summed E-state index contributed by atoms with van der Waals surface area (Å²) in [6, 6.07) is 17.5. The van der Waals surface area contributed by atoms with Crippen LogP contribution in [-0.4, -0.2) is 25.8 Å². The molecule has 29 heavy (non-hydrogen) atoms. The van der Waals surface area contributed by atoms with Crippen molar-refractivity contribution in [3.63, 3.8) is 0 Å². The number of benzene rings is 2. The Labute approximate surface area is 172 Å². The molecule has 0 saturated carbocycles. The van der Waals surface area contributed by atoms with E-state index in [0.29, 0.717) is 31.8 Å². The molecular weight excluding hydrogens is 366 g/mol.